The lowest BCUT2D eigenvalue weighted by Crippen LogP contribution is -2.35. The second-order valence-corrected chi connectivity index (χ2v) is 17.8. The Morgan fingerprint density at radius 3 is 1.90 bits per heavy atom. The van der Waals surface area contributed by atoms with Gasteiger partial charge in [-0.2, -0.15) is 4.58 Å². The predicted molar refractivity (Wildman–Crippen MR) is 250 cm³/mol. The molecule has 0 spiro atoms. The SMILES string of the molecule is CCCCC1(CCCC)C(=CC=C2CC(CC)CC(C=CC3=[N+](CCC(=O)O)c4ccc(OC)cc4C3(CCCC)CCCC)=C2Cl)N(CCC(=O)O)c2ccc(OC)cc21. The molecule has 1 aliphatic carbocycles. The number of methoxy groups -OCH3 is 2. The van der Waals surface area contributed by atoms with Crippen LogP contribution in [-0.4, -0.2) is 59.7 Å². The van der Waals surface area contributed by atoms with Gasteiger partial charge in [-0.05, 0) is 97.6 Å². The Bertz CT molecular complexity index is 2010. The number of anilines is 1. The van der Waals surface area contributed by atoms with E-state index in [0.717, 1.165) is 147 Å². The lowest BCUT2D eigenvalue weighted by Gasteiger charge is -2.34. The van der Waals surface area contributed by atoms with Gasteiger partial charge in [0.25, 0.3) is 0 Å². The van der Waals surface area contributed by atoms with Crippen LogP contribution in [0.2, 0.25) is 0 Å². The van der Waals surface area contributed by atoms with Crippen molar-refractivity contribution in [3.05, 3.63) is 93.7 Å². The van der Waals surface area contributed by atoms with E-state index < -0.39 is 11.9 Å². The molecule has 2 aromatic rings. The molecule has 3 aliphatic rings. The Morgan fingerprint density at radius 1 is 0.770 bits per heavy atom. The summed E-state index contributed by atoms with van der Waals surface area (Å²) in [6.07, 6.45) is 24.0. The molecule has 8 nitrogen and oxygen atoms in total. The minimum absolute atomic E-state index is 0.0293. The van der Waals surface area contributed by atoms with Crippen LogP contribution in [0.25, 0.3) is 0 Å². The zero-order chi connectivity index (χ0) is 44.2. The van der Waals surface area contributed by atoms with Crippen LogP contribution < -0.4 is 14.4 Å². The number of rotatable bonds is 24. The number of nitrogens with zero attached hydrogens (tertiary/aromatic N) is 2. The van der Waals surface area contributed by atoms with Gasteiger partial charge in [0.2, 0.25) is 5.69 Å². The standard InChI is InChI=1S/C52H71ClN2O6/c1-8-13-27-51(28-14-9-2)42-35-40(60-6)19-21-44(42)54(31-25-48(56)57)46(51)23-17-38-33-37(12-5)34-39(50(38)53)18-24-47-52(29-15-10-3,30-16-11-4)43-36-41(61-7)20-22-45(43)55(47)32-26-49(58)59/h17-24,35-37H,8-16,25-34H2,1-7H3,(H-,56,57,58,59)/p+1. The maximum Gasteiger partial charge on any atom is 0.309 e. The van der Waals surface area contributed by atoms with Crippen molar-refractivity contribution in [2.24, 2.45) is 5.92 Å². The number of halogens is 1. The summed E-state index contributed by atoms with van der Waals surface area (Å²) in [5, 5.41) is 20.6. The van der Waals surface area contributed by atoms with Crippen molar-refractivity contribution in [3.63, 3.8) is 0 Å². The number of carbonyl (C=O) groups is 2. The van der Waals surface area contributed by atoms with E-state index in [0.29, 0.717) is 19.0 Å². The third-order valence-corrected chi connectivity index (χ3v) is 14.0. The van der Waals surface area contributed by atoms with Gasteiger partial charge in [-0.25, -0.2) is 0 Å². The highest BCUT2D eigenvalue weighted by atomic mass is 35.5. The second-order valence-electron chi connectivity index (χ2n) is 17.4. The maximum atomic E-state index is 12.1. The van der Waals surface area contributed by atoms with Gasteiger partial charge in [0.05, 0.1) is 26.1 Å². The van der Waals surface area contributed by atoms with E-state index in [1.165, 1.54) is 11.1 Å². The van der Waals surface area contributed by atoms with Gasteiger partial charge in [0.15, 0.2) is 12.3 Å². The topological polar surface area (TPSA) is 99.3 Å². The minimum Gasteiger partial charge on any atom is -0.497 e. The van der Waals surface area contributed by atoms with Gasteiger partial charge in [0, 0.05) is 46.1 Å². The Hall–Kier alpha value is -4.30. The van der Waals surface area contributed by atoms with Gasteiger partial charge in [-0.1, -0.05) is 116 Å². The molecule has 0 radical (unpaired) electrons. The molecule has 2 heterocycles. The third kappa shape index (κ3) is 10.5. The van der Waals surface area contributed by atoms with Gasteiger partial charge in [0.1, 0.15) is 17.9 Å². The molecule has 1 unspecified atom stereocenters. The van der Waals surface area contributed by atoms with Crippen molar-refractivity contribution < 1.29 is 33.9 Å². The number of hydrogen-bond donors (Lipinski definition) is 2. The maximum absolute atomic E-state index is 12.1. The number of fused-ring (bicyclic) bond motifs is 2. The van der Waals surface area contributed by atoms with Crippen LogP contribution in [0.3, 0.4) is 0 Å². The Balaban J connectivity index is 1.69. The average Bonchev–Trinajstić information content (AvgIpc) is 3.67. The summed E-state index contributed by atoms with van der Waals surface area (Å²) in [4.78, 5) is 26.4. The zero-order valence-electron chi connectivity index (χ0n) is 38.1. The number of benzene rings is 2. The molecule has 0 aromatic heterocycles. The van der Waals surface area contributed by atoms with Crippen molar-refractivity contribution in [2.45, 2.75) is 155 Å². The summed E-state index contributed by atoms with van der Waals surface area (Å²) < 4.78 is 13.8. The zero-order valence-corrected chi connectivity index (χ0v) is 38.8. The number of allylic oxidation sites excluding steroid dienone is 8. The molecule has 0 bridgehead atoms. The van der Waals surface area contributed by atoms with Crippen molar-refractivity contribution in [3.8, 4) is 11.5 Å². The highest BCUT2D eigenvalue weighted by Crippen LogP contribution is 2.55. The van der Waals surface area contributed by atoms with Crippen LogP contribution in [0.4, 0.5) is 11.4 Å². The molecule has 9 heteroatoms. The van der Waals surface area contributed by atoms with Crippen LogP contribution in [0.5, 0.6) is 11.5 Å². The highest BCUT2D eigenvalue weighted by Gasteiger charge is 2.51. The molecule has 0 saturated heterocycles. The monoisotopic (exact) mass is 856 g/mol. The molecule has 0 saturated carbocycles. The Labute approximate surface area is 371 Å². The van der Waals surface area contributed by atoms with Crippen molar-refractivity contribution in [2.75, 3.05) is 32.2 Å². The quantitative estimate of drug-likeness (QED) is 0.101. The molecule has 332 valence electrons. The summed E-state index contributed by atoms with van der Waals surface area (Å²) in [6, 6.07) is 12.6. The van der Waals surface area contributed by atoms with E-state index in [4.69, 9.17) is 21.1 Å². The van der Waals surface area contributed by atoms with Gasteiger partial charge >= 0.3 is 11.9 Å². The normalized spacial score (nSPS) is 19.3. The van der Waals surface area contributed by atoms with Crippen LogP contribution >= 0.6 is 11.6 Å². The summed E-state index contributed by atoms with van der Waals surface area (Å²) in [5.74, 6) is 0.390. The fraction of sp³-hybridized carbons (Fsp3) is 0.558. The number of aliphatic carboxylic acids is 2. The molecule has 1 atom stereocenters. The van der Waals surface area contributed by atoms with Gasteiger partial charge < -0.3 is 24.6 Å². The first-order chi connectivity index (χ1) is 29.5. The molecule has 2 aromatic carbocycles. The lowest BCUT2D eigenvalue weighted by atomic mass is 9.70. The summed E-state index contributed by atoms with van der Waals surface area (Å²) in [6.45, 7) is 11.9. The van der Waals surface area contributed by atoms with E-state index in [1.54, 1.807) is 14.2 Å². The second kappa shape index (κ2) is 22.2. The fourth-order valence-corrected chi connectivity index (χ4v) is 10.5. The summed E-state index contributed by atoms with van der Waals surface area (Å²) in [5.41, 5.74) is 8.46. The molecule has 0 fully saturated rings. The third-order valence-electron chi connectivity index (χ3n) is 13.6. The summed E-state index contributed by atoms with van der Waals surface area (Å²) >= 11 is 7.56. The molecular weight excluding hydrogens is 784 g/mol. The number of hydrogen-bond acceptors (Lipinski definition) is 5. The highest BCUT2D eigenvalue weighted by molar-refractivity contribution is 6.32. The fourth-order valence-electron chi connectivity index (χ4n) is 10.2. The number of unbranched alkanes of at least 4 members (excludes halogenated alkanes) is 4. The molecular formula is C52H72ClN2O6+. The van der Waals surface area contributed by atoms with E-state index in [9.17, 15) is 19.8 Å². The Kier molecular flexibility index (Phi) is 17.4. The number of carboxylic acid groups (broad SMARTS) is 2. The van der Waals surface area contributed by atoms with Crippen LogP contribution in [-0.2, 0) is 20.4 Å². The van der Waals surface area contributed by atoms with Crippen molar-refractivity contribution >= 4 is 40.6 Å². The first-order valence-electron chi connectivity index (χ1n) is 23.2. The Morgan fingerprint density at radius 2 is 1.34 bits per heavy atom. The molecule has 0 amide bonds. The molecule has 61 heavy (non-hydrogen) atoms. The van der Waals surface area contributed by atoms with E-state index in [-0.39, 0.29) is 23.7 Å². The predicted octanol–water partition coefficient (Wildman–Crippen LogP) is 13.2. The first-order valence-corrected chi connectivity index (χ1v) is 23.6. The number of ether oxygens (including phenoxy) is 2. The first kappa shape index (κ1) is 47.7. The van der Waals surface area contributed by atoms with Crippen molar-refractivity contribution in [1.82, 2.24) is 0 Å². The lowest BCUT2D eigenvalue weighted by molar-refractivity contribution is -0.436. The largest absolute Gasteiger partial charge is 0.497 e. The van der Waals surface area contributed by atoms with E-state index in [2.05, 4.69) is 92.7 Å². The smallest absolute Gasteiger partial charge is 0.309 e. The molecule has 2 N–H and O–H groups in total. The van der Waals surface area contributed by atoms with E-state index >= 15 is 0 Å². The molecule has 2 aliphatic heterocycles. The number of carboxylic acids is 2. The average molecular weight is 857 g/mol. The van der Waals surface area contributed by atoms with Crippen LogP contribution in [0.1, 0.15) is 155 Å². The van der Waals surface area contributed by atoms with Gasteiger partial charge in [-0.3, -0.25) is 9.59 Å². The van der Waals surface area contributed by atoms with E-state index in [1.807, 2.05) is 12.1 Å². The van der Waals surface area contributed by atoms with Crippen LogP contribution in [0, 0.1) is 5.92 Å². The van der Waals surface area contributed by atoms with Gasteiger partial charge in [-0.15, -0.1) is 0 Å². The summed E-state index contributed by atoms with van der Waals surface area (Å²) in [7, 11) is 3.41. The molecule has 5 rings (SSSR count). The van der Waals surface area contributed by atoms with Crippen LogP contribution in [0.15, 0.2) is 82.6 Å². The van der Waals surface area contributed by atoms with Crippen molar-refractivity contribution in [1.29, 1.82) is 0 Å². The minimum atomic E-state index is -0.815.